The van der Waals surface area contributed by atoms with Crippen molar-refractivity contribution in [1.82, 2.24) is 20.3 Å². The van der Waals surface area contributed by atoms with E-state index in [1.54, 1.807) is 4.68 Å². The lowest BCUT2D eigenvalue weighted by molar-refractivity contribution is 0.0685. The second-order valence-electron chi connectivity index (χ2n) is 3.89. The molecule has 0 fully saturated rings. The van der Waals surface area contributed by atoms with Gasteiger partial charge in [-0.05, 0) is 6.07 Å². The normalized spacial score (nSPS) is 10.7. The van der Waals surface area contributed by atoms with Gasteiger partial charge in [-0.3, -0.25) is 4.68 Å². The zero-order valence-corrected chi connectivity index (χ0v) is 9.96. The van der Waals surface area contributed by atoms with Gasteiger partial charge in [0.05, 0.1) is 12.2 Å². The highest BCUT2D eigenvalue weighted by molar-refractivity contribution is 5.85. The van der Waals surface area contributed by atoms with E-state index in [0.29, 0.717) is 12.3 Å². The van der Waals surface area contributed by atoms with Gasteiger partial charge in [0.25, 0.3) is 0 Å². The molecule has 0 unspecified atom stereocenters. The van der Waals surface area contributed by atoms with Crippen LogP contribution in [0.1, 0.15) is 21.9 Å². The van der Waals surface area contributed by atoms with Gasteiger partial charge in [-0.25, -0.2) is 4.79 Å². The van der Waals surface area contributed by atoms with Crippen LogP contribution in [0, 0.1) is 0 Å². The first-order valence-electron chi connectivity index (χ1n) is 5.53. The number of nitrogens with one attached hydrogen (secondary N) is 1. The number of carbonyl (C=O) groups is 1. The minimum Gasteiger partial charge on any atom is -0.476 e. The Morgan fingerprint density at radius 3 is 3.06 bits per heavy atom. The fourth-order valence-electron chi connectivity index (χ4n) is 1.52. The minimum absolute atomic E-state index is 0.0727. The molecule has 0 saturated heterocycles. The molecule has 0 aliphatic carbocycles. The summed E-state index contributed by atoms with van der Waals surface area (Å²) in [6.07, 6.45) is 2.70. The smallest absolute Gasteiger partial charge is 0.358 e. The summed E-state index contributed by atoms with van der Waals surface area (Å²) < 4.78 is 6.62. The van der Waals surface area contributed by atoms with Gasteiger partial charge >= 0.3 is 5.97 Å². The van der Waals surface area contributed by atoms with Crippen LogP contribution in [-0.4, -0.2) is 32.6 Å². The summed E-state index contributed by atoms with van der Waals surface area (Å²) in [6, 6.07) is 3.37. The second kappa shape index (κ2) is 5.46. The summed E-state index contributed by atoms with van der Waals surface area (Å²) >= 11 is 0. The topological polar surface area (TPSA) is 93.2 Å². The molecule has 7 nitrogen and oxygen atoms in total. The molecule has 0 spiro atoms. The number of carboxylic acid groups (broad SMARTS) is 1. The molecular weight excluding hydrogens is 236 g/mol. The van der Waals surface area contributed by atoms with E-state index in [9.17, 15) is 4.79 Å². The molecule has 2 aromatic rings. The summed E-state index contributed by atoms with van der Waals surface area (Å²) in [6.45, 7) is 1.19. The zero-order valence-electron chi connectivity index (χ0n) is 9.96. The van der Waals surface area contributed by atoms with E-state index in [0.717, 1.165) is 18.7 Å². The highest BCUT2D eigenvalue weighted by Crippen LogP contribution is 2.03. The lowest BCUT2D eigenvalue weighted by Crippen LogP contribution is -2.16. The quantitative estimate of drug-likeness (QED) is 0.722. The van der Waals surface area contributed by atoms with E-state index in [-0.39, 0.29) is 5.69 Å². The van der Waals surface area contributed by atoms with E-state index >= 15 is 0 Å². The number of aromatic nitrogens is 3. The molecule has 0 aliphatic rings. The zero-order chi connectivity index (χ0) is 13.0. The van der Waals surface area contributed by atoms with Crippen molar-refractivity contribution in [3.8, 4) is 0 Å². The second-order valence-corrected chi connectivity index (χ2v) is 3.89. The number of hydrogen-bond donors (Lipinski definition) is 2. The third-order valence-electron chi connectivity index (χ3n) is 2.40. The molecule has 2 aromatic heterocycles. The Hall–Kier alpha value is -2.15. The maximum Gasteiger partial charge on any atom is 0.358 e. The van der Waals surface area contributed by atoms with Crippen molar-refractivity contribution in [3.63, 3.8) is 0 Å². The molecule has 18 heavy (non-hydrogen) atoms. The van der Waals surface area contributed by atoms with Crippen molar-refractivity contribution in [3.05, 3.63) is 35.5 Å². The Morgan fingerprint density at radius 1 is 1.61 bits per heavy atom. The van der Waals surface area contributed by atoms with Crippen molar-refractivity contribution >= 4 is 5.97 Å². The predicted molar refractivity (Wildman–Crippen MR) is 62.1 cm³/mol. The van der Waals surface area contributed by atoms with E-state index in [1.807, 2.05) is 19.3 Å². The molecular formula is C11H14N4O3. The highest BCUT2D eigenvalue weighted by atomic mass is 16.5. The van der Waals surface area contributed by atoms with E-state index in [1.165, 1.54) is 6.07 Å². The van der Waals surface area contributed by atoms with Gasteiger partial charge < -0.3 is 14.9 Å². The minimum atomic E-state index is -1.08. The summed E-state index contributed by atoms with van der Waals surface area (Å²) in [5.41, 5.74) is 0.935. The molecule has 0 saturated carbocycles. The Balaban J connectivity index is 1.73. The van der Waals surface area contributed by atoms with Gasteiger partial charge in [0.1, 0.15) is 0 Å². The first-order valence-corrected chi connectivity index (χ1v) is 5.53. The number of aromatic carboxylic acids is 1. The third kappa shape index (κ3) is 3.17. The third-order valence-corrected chi connectivity index (χ3v) is 2.40. The largest absolute Gasteiger partial charge is 0.476 e. The molecule has 0 aliphatic heterocycles. The van der Waals surface area contributed by atoms with Crippen LogP contribution in [0.15, 0.2) is 22.9 Å². The van der Waals surface area contributed by atoms with Crippen molar-refractivity contribution in [1.29, 1.82) is 0 Å². The summed E-state index contributed by atoms with van der Waals surface area (Å²) in [5, 5.41) is 19.5. The van der Waals surface area contributed by atoms with Crippen molar-refractivity contribution in [2.45, 2.75) is 13.0 Å². The molecule has 2 heterocycles. The lowest BCUT2D eigenvalue weighted by atomic mass is 10.3. The predicted octanol–water partition coefficient (Wildman–Crippen LogP) is 0.439. The molecule has 0 bridgehead atoms. The van der Waals surface area contributed by atoms with Gasteiger partial charge in [0.2, 0.25) is 0 Å². The molecule has 2 rings (SSSR count). The Kier molecular flexibility index (Phi) is 3.73. The lowest BCUT2D eigenvalue weighted by Gasteiger charge is -1.99. The van der Waals surface area contributed by atoms with Crippen LogP contribution in [0.4, 0.5) is 0 Å². The summed E-state index contributed by atoms with van der Waals surface area (Å²) in [4.78, 5) is 10.6. The van der Waals surface area contributed by atoms with Crippen molar-refractivity contribution in [2.75, 3.05) is 6.54 Å². The summed E-state index contributed by atoms with van der Waals surface area (Å²) in [7, 11) is 1.87. The van der Waals surface area contributed by atoms with Crippen LogP contribution >= 0.6 is 0 Å². The Morgan fingerprint density at radius 2 is 2.44 bits per heavy atom. The van der Waals surface area contributed by atoms with Gasteiger partial charge in [0, 0.05) is 32.3 Å². The van der Waals surface area contributed by atoms with Crippen LogP contribution in [0.5, 0.6) is 0 Å². The van der Waals surface area contributed by atoms with Crippen molar-refractivity contribution in [2.24, 2.45) is 7.05 Å². The fourth-order valence-corrected chi connectivity index (χ4v) is 1.52. The molecule has 0 aromatic carbocycles. The number of aryl methyl sites for hydroxylation is 1. The van der Waals surface area contributed by atoms with Crippen LogP contribution < -0.4 is 5.32 Å². The van der Waals surface area contributed by atoms with Crippen molar-refractivity contribution < 1.29 is 14.4 Å². The number of carboxylic acids is 1. The average molecular weight is 250 g/mol. The molecule has 0 amide bonds. The summed E-state index contributed by atoms with van der Waals surface area (Å²) in [5.74, 6) is -0.577. The van der Waals surface area contributed by atoms with E-state index in [4.69, 9.17) is 9.63 Å². The first-order chi connectivity index (χ1) is 8.65. The van der Waals surface area contributed by atoms with E-state index in [2.05, 4.69) is 15.6 Å². The van der Waals surface area contributed by atoms with Gasteiger partial charge in [-0.1, -0.05) is 5.16 Å². The highest BCUT2D eigenvalue weighted by Gasteiger charge is 2.09. The van der Waals surface area contributed by atoms with Crippen LogP contribution in [0.2, 0.25) is 0 Å². The Labute approximate surface area is 103 Å². The molecule has 0 radical (unpaired) electrons. The standard InChI is InChI=1S/C11H14N4O3/c1-15-5-3-8(13-15)2-4-12-7-9-6-10(11(16)17)14-18-9/h3,5-6,12H,2,4,7H2,1H3,(H,16,17). The number of nitrogens with zero attached hydrogens (tertiary/aromatic N) is 3. The van der Waals surface area contributed by atoms with E-state index < -0.39 is 5.97 Å². The fraction of sp³-hybridized carbons (Fsp3) is 0.364. The maximum atomic E-state index is 10.6. The monoisotopic (exact) mass is 250 g/mol. The number of hydrogen-bond acceptors (Lipinski definition) is 5. The van der Waals surface area contributed by atoms with Gasteiger partial charge in [-0.15, -0.1) is 0 Å². The van der Waals surface area contributed by atoms with Crippen LogP contribution in [-0.2, 0) is 20.0 Å². The van der Waals surface area contributed by atoms with Crippen LogP contribution in [0.25, 0.3) is 0 Å². The molecule has 2 N–H and O–H groups in total. The van der Waals surface area contributed by atoms with Crippen LogP contribution in [0.3, 0.4) is 0 Å². The number of rotatable bonds is 6. The molecule has 0 atom stereocenters. The van der Waals surface area contributed by atoms with Gasteiger partial charge in [-0.2, -0.15) is 5.10 Å². The van der Waals surface area contributed by atoms with Gasteiger partial charge in [0.15, 0.2) is 11.5 Å². The first kappa shape index (κ1) is 12.3. The molecule has 96 valence electrons. The SMILES string of the molecule is Cn1ccc(CCNCc2cc(C(=O)O)no2)n1. The Bertz CT molecular complexity index is 532. The average Bonchev–Trinajstić information content (AvgIpc) is 2.93. The molecule has 7 heteroatoms. The maximum absolute atomic E-state index is 10.6.